The molecule has 0 spiro atoms. The first-order valence-electron chi connectivity index (χ1n) is 10.0. The maximum atomic E-state index is 13.3. The Hall–Kier alpha value is -3.92. The number of aryl methyl sites for hydroxylation is 1. The number of carbonyl (C=O) groups excluding carboxylic acids is 2. The van der Waals surface area contributed by atoms with Gasteiger partial charge in [0.25, 0.3) is 5.56 Å². The number of esters is 1. The number of carbonyl (C=O) groups is 2. The molecule has 4 aromatic rings. The Kier molecular flexibility index (Phi) is 6.84. The molecule has 0 fully saturated rings. The van der Waals surface area contributed by atoms with E-state index >= 15 is 0 Å². The molecule has 2 aromatic carbocycles. The number of benzene rings is 2. The Morgan fingerprint density at radius 3 is 2.70 bits per heavy atom. The summed E-state index contributed by atoms with van der Waals surface area (Å²) < 4.78 is 11.0. The molecule has 0 aliphatic carbocycles. The summed E-state index contributed by atoms with van der Waals surface area (Å²) in [6.07, 6.45) is 1.97. The molecule has 0 saturated heterocycles. The van der Waals surface area contributed by atoms with Gasteiger partial charge in [0.2, 0.25) is 5.91 Å². The second-order valence-corrected chi connectivity index (χ2v) is 7.97. The first-order chi connectivity index (χ1) is 16.0. The number of methoxy groups -OCH3 is 1. The van der Waals surface area contributed by atoms with Gasteiger partial charge in [-0.1, -0.05) is 47.3 Å². The van der Waals surface area contributed by atoms with Crippen LogP contribution in [0.25, 0.3) is 10.9 Å². The predicted molar refractivity (Wildman–Crippen MR) is 123 cm³/mol. The minimum absolute atomic E-state index is 0.00678. The molecule has 2 heterocycles. The Morgan fingerprint density at radius 1 is 1.15 bits per heavy atom. The molecule has 4 rings (SSSR count). The van der Waals surface area contributed by atoms with Crippen molar-refractivity contribution in [2.45, 2.75) is 18.1 Å². The first-order valence-corrected chi connectivity index (χ1v) is 11.0. The van der Waals surface area contributed by atoms with Crippen LogP contribution in [0.3, 0.4) is 0 Å². The van der Waals surface area contributed by atoms with Crippen LogP contribution in [0.2, 0.25) is 0 Å². The SMILES string of the molecule is COC(=O)c1ccc2c(=O)n(CCc3ccccc3)c(SCC(=O)Nc3ccon3)nc2c1. The van der Waals surface area contributed by atoms with E-state index in [1.54, 1.807) is 10.6 Å². The Balaban J connectivity index is 1.65. The van der Waals surface area contributed by atoms with Gasteiger partial charge in [0.15, 0.2) is 11.0 Å². The van der Waals surface area contributed by atoms with Gasteiger partial charge in [0.1, 0.15) is 6.26 Å². The van der Waals surface area contributed by atoms with Crippen molar-refractivity contribution in [3.05, 3.63) is 82.3 Å². The van der Waals surface area contributed by atoms with Crippen molar-refractivity contribution in [2.24, 2.45) is 0 Å². The summed E-state index contributed by atoms with van der Waals surface area (Å²) in [6, 6.07) is 15.9. The highest BCUT2D eigenvalue weighted by molar-refractivity contribution is 7.99. The Morgan fingerprint density at radius 2 is 1.97 bits per heavy atom. The summed E-state index contributed by atoms with van der Waals surface area (Å²) in [7, 11) is 1.29. The van der Waals surface area contributed by atoms with Crippen LogP contribution in [-0.4, -0.2) is 39.4 Å². The van der Waals surface area contributed by atoms with Crippen molar-refractivity contribution < 1.29 is 18.8 Å². The number of nitrogens with one attached hydrogen (secondary N) is 1. The van der Waals surface area contributed by atoms with Crippen LogP contribution in [0.15, 0.2) is 75.3 Å². The van der Waals surface area contributed by atoms with Gasteiger partial charge in [-0.3, -0.25) is 14.2 Å². The number of anilines is 1. The van der Waals surface area contributed by atoms with E-state index in [9.17, 15) is 14.4 Å². The molecule has 9 nitrogen and oxygen atoms in total. The molecule has 0 radical (unpaired) electrons. The van der Waals surface area contributed by atoms with E-state index in [1.807, 2.05) is 30.3 Å². The lowest BCUT2D eigenvalue weighted by Crippen LogP contribution is -2.25. The van der Waals surface area contributed by atoms with Crippen molar-refractivity contribution in [1.82, 2.24) is 14.7 Å². The normalized spacial score (nSPS) is 10.8. The van der Waals surface area contributed by atoms with E-state index in [-0.39, 0.29) is 17.2 Å². The first kappa shape index (κ1) is 22.3. The molecule has 1 amide bonds. The number of ether oxygens (including phenoxy) is 1. The molecule has 0 saturated carbocycles. The zero-order chi connectivity index (χ0) is 23.2. The highest BCUT2D eigenvalue weighted by atomic mass is 32.2. The van der Waals surface area contributed by atoms with Crippen LogP contribution in [0, 0.1) is 0 Å². The third-order valence-electron chi connectivity index (χ3n) is 4.85. The molecular weight excluding hydrogens is 444 g/mol. The molecule has 0 aliphatic rings. The third-order valence-corrected chi connectivity index (χ3v) is 5.82. The summed E-state index contributed by atoms with van der Waals surface area (Å²) in [5.74, 6) is -0.530. The quantitative estimate of drug-likeness (QED) is 0.240. The third kappa shape index (κ3) is 5.29. The van der Waals surface area contributed by atoms with Gasteiger partial charge in [-0.15, -0.1) is 0 Å². The van der Waals surface area contributed by atoms with Crippen LogP contribution >= 0.6 is 11.8 Å². The monoisotopic (exact) mass is 464 g/mol. The van der Waals surface area contributed by atoms with E-state index in [1.165, 1.54) is 31.6 Å². The van der Waals surface area contributed by atoms with Crippen LogP contribution in [-0.2, 0) is 22.5 Å². The van der Waals surface area contributed by atoms with Gasteiger partial charge in [-0.2, -0.15) is 0 Å². The summed E-state index contributed by atoms with van der Waals surface area (Å²) in [5.41, 5.74) is 1.48. The van der Waals surface area contributed by atoms with Gasteiger partial charge in [-0.25, -0.2) is 9.78 Å². The second kappa shape index (κ2) is 10.1. The molecule has 168 valence electrons. The molecule has 33 heavy (non-hydrogen) atoms. The number of hydrogen-bond donors (Lipinski definition) is 1. The molecule has 0 aliphatic heterocycles. The van der Waals surface area contributed by atoms with Crippen molar-refractivity contribution in [2.75, 3.05) is 18.2 Å². The lowest BCUT2D eigenvalue weighted by molar-refractivity contribution is -0.113. The average molecular weight is 465 g/mol. The van der Waals surface area contributed by atoms with Crippen LogP contribution in [0.4, 0.5) is 5.82 Å². The van der Waals surface area contributed by atoms with E-state index in [0.29, 0.717) is 40.4 Å². The molecule has 0 bridgehead atoms. The molecule has 0 atom stereocenters. The molecule has 10 heteroatoms. The molecular formula is C23H20N4O5S. The zero-order valence-electron chi connectivity index (χ0n) is 17.7. The van der Waals surface area contributed by atoms with Crippen LogP contribution < -0.4 is 10.9 Å². The van der Waals surface area contributed by atoms with Crippen molar-refractivity contribution in [3.63, 3.8) is 0 Å². The lowest BCUT2D eigenvalue weighted by Gasteiger charge is -2.13. The standard InChI is InChI=1S/C23H20N4O5S/c1-31-22(30)16-7-8-17-18(13-16)24-23(33-14-20(28)25-19-10-12-32-26-19)27(21(17)29)11-9-15-5-3-2-4-6-15/h2-8,10,12-13H,9,11,14H2,1H3,(H,25,26,28). The predicted octanol–water partition coefficient (Wildman–Crippen LogP) is 3.14. The fourth-order valence-corrected chi connectivity index (χ4v) is 4.05. The summed E-state index contributed by atoms with van der Waals surface area (Å²) in [4.78, 5) is 42.1. The number of rotatable bonds is 8. The van der Waals surface area contributed by atoms with Crippen molar-refractivity contribution in [3.8, 4) is 0 Å². The largest absolute Gasteiger partial charge is 0.465 e. The fraction of sp³-hybridized carbons (Fsp3) is 0.174. The Labute approximate surface area is 192 Å². The van der Waals surface area contributed by atoms with Crippen LogP contribution in [0.5, 0.6) is 0 Å². The van der Waals surface area contributed by atoms with Crippen molar-refractivity contribution >= 4 is 40.4 Å². The van der Waals surface area contributed by atoms with Gasteiger partial charge < -0.3 is 14.6 Å². The maximum absolute atomic E-state index is 13.3. The van der Waals surface area contributed by atoms with E-state index < -0.39 is 5.97 Å². The smallest absolute Gasteiger partial charge is 0.337 e. The van der Waals surface area contributed by atoms with Gasteiger partial charge in [0, 0.05) is 12.6 Å². The van der Waals surface area contributed by atoms with E-state index in [4.69, 9.17) is 9.26 Å². The maximum Gasteiger partial charge on any atom is 0.337 e. The second-order valence-electron chi connectivity index (χ2n) is 7.03. The molecule has 1 N–H and O–H groups in total. The van der Waals surface area contributed by atoms with E-state index in [2.05, 4.69) is 15.5 Å². The minimum atomic E-state index is -0.520. The average Bonchev–Trinajstić information content (AvgIpc) is 3.35. The summed E-state index contributed by atoms with van der Waals surface area (Å²) in [6.45, 7) is 0.387. The lowest BCUT2D eigenvalue weighted by atomic mass is 10.1. The molecule has 2 aromatic heterocycles. The number of nitrogens with zero attached hydrogens (tertiary/aromatic N) is 3. The number of fused-ring (bicyclic) bond motifs is 1. The highest BCUT2D eigenvalue weighted by Crippen LogP contribution is 2.20. The topological polar surface area (TPSA) is 116 Å². The highest BCUT2D eigenvalue weighted by Gasteiger charge is 2.16. The van der Waals surface area contributed by atoms with Crippen LogP contribution in [0.1, 0.15) is 15.9 Å². The summed E-state index contributed by atoms with van der Waals surface area (Å²) >= 11 is 1.13. The van der Waals surface area contributed by atoms with Gasteiger partial charge in [-0.05, 0) is 30.2 Å². The van der Waals surface area contributed by atoms with Gasteiger partial charge in [0.05, 0.1) is 29.3 Å². The number of hydrogen-bond acceptors (Lipinski definition) is 8. The number of aromatic nitrogens is 3. The van der Waals surface area contributed by atoms with Gasteiger partial charge >= 0.3 is 5.97 Å². The Bertz CT molecular complexity index is 1340. The minimum Gasteiger partial charge on any atom is -0.465 e. The van der Waals surface area contributed by atoms with E-state index in [0.717, 1.165) is 17.3 Å². The zero-order valence-corrected chi connectivity index (χ0v) is 18.5. The fourth-order valence-electron chi connectivity index (χ4n) is 3.22. The van der Waals surface area contributed by atoms with Crippen molar-refractivity contribution in [1.29, 1.82) is 0 Å². The summed E-state index contributed by atoms with van der Waals surface area (Å²) in [5, 5.41) is 7.02. The number of thioether (sulfide) groups is 1. The number of amides is 1. The molecule has 0 unspecified atom stereocenters.